The molecule has 0 aliphatic carbocycles. The third-order valence-electron chi connectivity index (χ3n) is 3.25. The van der Waals surface area contributed by atoms with Crippen LogP contribution in [0, 0.1) is 0 Å². The average Bonchev–Trinajstić information content (AvgIpc) is 3.02. The Morgan fingerprint density at radius 2 is 1.96 bits per heavy atom. The highest BCUT2D eigenvalue weighted by atomic mass is 32.2. The molecule has 6 nitrogen and oxygen atoms in total. The van der Waals surface area contributed by atoms with Gasteiger partial charge in [0.2, 0.25) is 10.0 Å². The Bertz CT molecular complexity index is 785. The third kappa shape index (κ3) is 4.19. The van der Waals surface area contributed by atoms with Crippen LogP contribution in [-0.4, -0.2) is 36.3 Å². The van der Waals surface area contributed by atoms with E-state index in [1.165, 1.54) is 15.6 Å². The van der Waals surface area contributed by atoms with Crippen molar-refractivity contribution in [1.29, 1.82) is 0 Å². The summed E-state index contributed by atoms with van der Waals surface area (Å²) in [6.07, 6.45) is 0. The predicted octanol–water partition coefficient (Wildman–Crippen LogP) is 2.92. The first-order valence-electron chi connectivity index (χ1n) is 7.54. The van der Waals surface area contributed by atoms with Crippen LogP contribution in [0.3, 0.4) is 0 Å². The van der Waals surface area contributed by atoms with E-state index in [4.69, 9.17) is 4.74 Å². The minimum Gasteiger partial charge on any atom is -0.461 e. The molecule has 1 aromatic heterocycles. The number of hydrogen-bond donors (Lipinski definition) is 0. The highest BCUT2D eigenvalue weighted by Crippen LogP contribution is 2.22. The van der Waals surface area contributed by atoms with Crippen molar-refractivity contribution >= 4 is 27.3 Å². The first-order chi connectivity index (χ1) is 11.4. The van der Waals surface area contributed by atoms with Crippen molar-refractivity contribution in [3.05, 3.63) is 46.4 Å². The molecule has 0 aliphatic heterocycles. The summed E-state index contributed by atoms with van der Waals surface area (Å²) >= 11 is 1.24. The molecule has 2 aromatic rings. The van der Waals surface area contributed by atoms with Gasteiger partial charge in [0, 0.05) is 11.4 Å². The monoisotopic (exact) mass is 368 g/mol. The zero-order valence-corrected chi connectivity index (χ0v) is 15.4. The summed E-state index contributed by atoms with van der Waals surface area (Å²) in [6, 6.07) is 8.03. The summed E-state index contributed by atoms with van der Waals surface area (Å²) in [4.78, 5) is 16.1. The summed E-state index contributed by atoms with van der Waals surface area (Å²) in [5, 5.41) is 2.13. The van der Waals surface area contributed by atoms with Gasteiger partial charge >= 0.3 is 5.97 Å². The number of aromatic nitrogens is 1. The van der Waals surface area contributed by atoms with Crippen molar-refractivity contribution < 1.29 is 17.9 Å². The van der Waals surface area contributed by atoms with Gasteiger partial charge in [0.05, 0.1) is 18.0 Å². The molecule has 1 aromatic carbocycles. The second-order valence-corrected chi connectivity index (χ2v) is 8.14. The number of hydrogen-bond acceptors (Lipinski definition) is 6. The lowest BCUT2D eigenvalue weighted by Gasteiger charge is -2.25. The van der Waals surface area contributed by atoms with Gasteiger partial charge in [-0.05, 0) is 32.9 Å². The first kappa shape index (κ1) is 18.6. The Kier molecular flexibility index (Phi) is 6.09. The van der Waals surface area contributed by atoms with E-state index in [-0.39, 0.29) is 29.8 Å². The van der Waals surface area contributed by atoms with Crippen LogP contribution >= 0.6 is 11.3 Å². The fraction of sp³-hybridized carbons (Fsp3) is 0.375. The number of ether oxygens (including phenoxy) is 1. The van der Waals surface area contributed by atoms with Gasteiger partial charge in [-0.2, -0.15) is 4.31 Å². The minimum atomic E-state index is -3.64. The second kappa shape index (κ2) is 7.87. The molecule has 0 saturated heterocycles. The fourth-order valence-corrected chi connectivity index (χ4v) is 4.55. The molecule has 130 valence electrons. The minimum absolute atomic E-state index is 0.110. The van der Waals surface area contributed by atoms with Crippen molar-refractivity contribution in [1.82, 2.24) is 9.29 Å². The Hall–Kier alpha value is -1.77. The number of nitrogens with zero attached hydrogens (tertiary/aromatic N) is 2. The third-order valence-corrected chi connectivity index (χ3v) is 6.12. The first-order valence-corrected chi connectivity index (χ1v) is 9.86. The van der Waals surface area contributed by atoms with E-state index in [0.717, 1.165) is 0 Å². The van der Waals surface area contributed by atoms with Crippen LogP contribution in [0.1, 0.15) is 36.3 Å². The molecular formula is C16H20N2O4S2. The van der Waals surface area contributed by atoms with Crippen LogP contribution in [0.15, 0.2) is 40.6 Å². The van der Waals surface area contributed by atoms with E-state index in [2.05, 4.69) is 4.98 Å². The number of esters is 1. The Morgan fingerprint density at radius 3 is 2.54 bits per heavy atom. The summed E-state index contributed by atoms with van der Waals surface area (Å²) in [6.45, 7) is 5.71. The number of sulfonamides is 1. The second-order valence-electron chi connectivity index (χ2n) is 5.30. The smallest absolute Gasteiger partial charge is 0.357 e. The molecule has 0 saturated carbocycles. The van der Waals surface area contributed by atoms with Crippen LogP contribution < -0.4 is 0 Å². The van der Waals surface area contributed by atoms with Crippen molar-refractivity contribution in [3.8, 4) is 0 Å². The molecule has 0 amide bonds. The number of rotatable bonds is 7. The van der Waals surface area contributed by atoms with Crippen LogP contribution in [0.5, 0.6) is 0 Å². The SMILES string of the molecule is CCOC(=O)c1csc(CN(C(C)C)S(=O)(=O)c2ccccc2)n1. The molecule has 0 atom stereocenters. The van der Waals surface area contributed by atoms with Gasteiger partial charge in [0.1, 0.15) is 5.01 Å². The van der Waals surface area contributed by atoms with Crippen LogP contribution in [0.2, 0.25) is 0 Å². The number of benzene rings is 1. The van der Waals surface area contributed by atoms with Crippen LogP contribution in [0.25, 0.3) is 0 Å². The van der Waals surface area contributed by atoms with Gasteiger partial charge in [-0.3, -0.25) is 0 Å². The highest BCUT2D eigenvalue weighted by Gasteiger charge is 2.28. The quantitative estimate of drug-likeness (QED) is 0.702. The highest BCUT2D eigenvalue weighted by molar-refractivity contribution is 7.89. The molecule has 0 bridgehead atoms. The Balaban J connectivity index is 2.25. The maximum Gasteiger partial charge on any atom is 0.357 e. The summed E-state index contributed by atoms with van der Waals surface area (Å²) in [5.74, 6) is -0.498. The van der Waals surface area contributed by atoms with Crippen molar-refractivity contribution in [2.45, 2.75) is 38.3 Å². The average molecular weight is 368 g/mol. The molecule has 0 N–H and O–H groups in total. The summed E-state index contributed by atoms with van der Waals surface area (Å²) in [7, 11) is -3.64. The van der Waals surface area contributed by atoms with Gasteiger partial charge in [-0.1, -0.05) is 18.2 Å². The molecular weight excluding hydrogens is 348 g/mol. The van der Waals surface area contributed by atoms with Gasteiger partial charge in [-0.15, -0.1) is 11.3 Å². The molecule has 0 radical (unpaired) electrons. The molecule has 24 heavy (non-hydrogen) atoms. The van der Waals surface area contributed by atoms with Crippen LogP contribution in [0.4, 0.5) is 0 Å². The lowest BCUT2D eigenvalue weighted by molar-refractivity contribution is 0.0520. The predicted molar refractivity (Wildman–Crippen MR) is 92.4 cm³/mol. The maximum atomic E-state index is 12.8. The largest absolute Gasteiger partial charge is 0.461 e. The number of carbonyl (C=O) groups excluding carboxylic acids is 1. The zero-order valence-electron chi connectivity index (χ0n) is 13.8. The standard InChI is InChI=1S/C16H20N2O4S2/c1-4-22-16(19)14-11-23-15(17-14)10-18(12(2)3)24(20,21)13-8-6-5-7-9-13/h5-9,11-12H,4,10H2,1-3H3. The van der Waals surface area contributed by atoms with E-state index >= 15 is 0 Å². The topological polar surface area (TPSA) is 76.6 Å². The molecule has 0 spiro atoms. The maximum absolute atomic E-state index is 12.8. The van der Waals surface area contributed by atoms with Gasteiger partial charge < -0.3 is 4.74 Å². The van der Waals surface area contributed by atoms with Crippen molar-refractivity contribution in [2.75, 3.05) is 6.61 Å². The normalized spacial score (nSPS) is 11.9. The summed E-state index contributed by atoms with van der Waals surface area (Å²) < 4.78 is 31.9. The van der Waals surface area contributed by atoms with E-state index in [1.54, 1.807) is 56.5 Å². The van der Waals surface area contributed by atoms with Crippen molar-refractivity contribution in [3.63, 3.8) is 0 Å². The molecule has 2 rings (SSSR count). The van der Waals surface area contributed by atoms with Crippen molar-refractivity contribution in [2.24, 2.45) is 0 Å². The number of thiazole rings is 1. The van der Waals surface area contributed by atoms with E-state index in [1.807, 2.05) is 0 Å². The zero-order chi connectivity index (χ0) is 17.7. The van der Waals surface area contributed by atoms with E-state index in [9.17, 15) is 13.2 Å². The lowest BCUT2D eigenvalue weighted by atomic mass is 10.4. The van der Waals surface area contributed by atoms with Gasteiger partial charge in [0.25, 0.3) is 0 Å². The van der Waals surface area contributed by atoms with Crippen LogP contribution in [-0.2, 0) is 21.3 Å². The molecule has 0 unspecified atom stereocenters. The molecule has 0 aliphatic rings. The Morgan fingerprint density at radius 1 is 1.29 bits per heavy atom. The van der Waals surface area contributed by atoms with E-state index < -0.39 is 16.0 Å². The molecule has 8 heteroatoms. The fourth-order valence-electron chi connectivity index (χ4n) is 2.09. The van der Waals surface area contributed by atoms with E-state index in [0.29, 0.717) is 5.01 Å². The van der Waals surface area contributed by atoms with Gasteiger partial charge in [-0.25, -0.2) is 18.2 Å². The lowest BCUT2D eigenvalue weighted by Crippen LogP contribution is -2.36. The number of carbonyl (C=O) groups is 1. The Labute approximate surface area is 146 Å². The van der Waals surface area contributed by atoms with Gasteiger partial charge in [0.15, 0.2) is 5.69 Å². The molecule has 0 fully saturated rings. The molecule has 1 heterocycles. The summed E-state index contributed by atoms with van der Waals surface area (Å²) in [5.41, 5.74) is 0.206.